The molecule has 0 bridgehead atoms. The number of nitrogens with one attached hydrogen (secondary N) is 4. The number of piperidine rings is 1. The first-order valence-corrected chi connectivity index (χ1v) is 19.1. The first-order valence-electron chi connectivity index (χ1n) is 19.1. The van der Waals surface area contributed by atoms with Crippen LogP contribution in [0.5, 0.6) is 0 Å². The number of rotatable bonds is 8. The molecule has 17 heteroatoms. The van der Waals surface area contributed by atoms with Crippen molar-refractivity contribution >= 4 is 47.2 Å². The minimum absolute atomic E-state index is 0.0274. The van der Waals surface area contributed by atoms with E-state index in [1.54, 1.807) is 26.2 Å². The number of ether oxygens (including phenoxy) is 1. The summed E-state index contributed by atoms with van der Waals surface area (Å²) in [6, 6.07) is 4.28. The van der Waals surface area contributed by atoms with E-state index in [1.807, 2.05) is 37.3 Å². The number of nitrogens with zero attached hydrogens (tertiary/aromatic N) is 5. The first kappa shape index (κ1) is 39.4. The van der Waals surface area contributed by atoms with Crippen LogP contribution >= 0.6 is 0 Å². The van der Waals surface area contributed by atoms with Crippen molar-refractivity contribution in [1.82, 2.24) is 40.4 Å². The summed E-state index contributed by atoms with van der Waals surface area (Å²) in [5.74, 6) is -2.68. The van der Waals surface area contributed by atoms with Crippen molar-refractivity contribution in [2.75, 3.05) is 38.1 Å². The Morgan fingerprint density at radius 3 is 2.36 bits per heavy atom. The molecule has 296 valence electrons. The molecule has 55 heavy (non-hydrogen) atoms. The van der Waals surface area contributed by atoms with Crippen LogP contribution in [0.15, 0.2) is 42.6 Å². The third kappa shape index (κ3) is 9.32. The summed E-state index contributed by atoms with van der Waals surface area (Å²) in [6.07, 6.45) is 4.89. The number of anilines is 1. The van der Waals surface area contributed by atoms with Crippen LogP contribution in [-0.2, 0) is 47.0 Å². The Morgan fingerprint density at radius 2 is 1.62 bits per heavy atom. The van der Waals surface area contributed by atoms with Gasteiger partial charge in [0.25, 0.3) is 0 Å². The molecule has 4 aliphatic heterocycles. The second-order valence-corrected chi connectivity index (χ2v) is 15.1. The van der Waals surface area contributed by atoms with Gasteiger partial charge < -0.3 is 30.1 Å². The van der Waals surface area contributed by atoms with Crippen LogP contribution in [0, 0.1) is 5.92 Å². The summed E-state index contributed by atoms with van der Waals surface area (Å²) in [4.78, 5) is 101. The zero-order chi connectivity index (χ0) is 39.2. The van der Waals surface area contributed by atoms with Crippen molar-refractivity contribution in [1.29, 1.82) is 0 Å². The number of aryl methyl sites for hydroxylation is 1. The summed E-state index contributed by atoms with van der Waals surface area (Å²) < 4.78 is 7.27. The minimum atomic E-state index is -1.24. The van der Waals surface area contributed by atoms with Crippen molar-refractivity contribution in [3.8, 4) is 0 Å². The van der Waals surface area contributed by atoms with E-state index < -0.39 is 84.9 Å². The van der Waals surface area contributed by atoms with Gasteiger partial charge in [-0.1, -0.05) is 37.3 Å². The number of cyclic esters (lactones) is 1. The molecule has 4 saturated heterocycles. The lowest BCUT2D eigenvalue weighted by molar-refractivity contribution is -0.158. The molecule has 5 heterocycles. The molecule has 1 aromatic heterocycles. The zero-order valence-corrected chi connectivity index (χ0v) is 31.6. The Balaban J connectivity index is 1.25. The molecule has 7 unspecified atom stereocenters. The SMILES string of the molecule is CC1CC2C(=O)OCC(NCC(=O)C(Cc3ccccc3)NC(=O)Nc3ccn(C)n3)C(=O)N3CCCC3C(=O)N3CCCCC3C(=O)NC(C)C(=O)N2C1. The second kappa shape index (κ2) is 17.4. The average Bonchev–Trinajstić information content (AvgIpc) is 3.93. The van der Waals surface area contributed by atoms with Crippen LogP contribution in [0.1, 0.15) is 57.9 Å². The van der Waals surface area contributed by atoms with Crippen LogP contribution in [0.4, 0.5) is 10.6 Å². The Bertz CT molecular complexity index is 1770. The predicted molar refractivity (Wildman–Crippen MR) is 198 cm³/mol. The minimum Gasteiger partial charge on any atom is -0.462 e. The fraction of sp³-hybridized carbons (Fsp3) is 0.579. The molecule has 2 aromatic rings. The van der Waals surface area contributed by atoms with Gasteiger partial charge in [-0.3, -0.25) is 39.3 Å². The number of aromatic nitrogens is 2. The molecular weight excluding hydrogens is 710 g/mol. The van der Waals surface area contributed by atoms with Crippen molar-refractivity contribution in [2.45, 2.75) is 95.0 Å². The molecule has 1 aromatic carbocycles. The van der Waals surface area contributed by atoms with Gasteiger partial charge in [-0.25, -0.2) is 9.59 Å². The topological polar surface area (TPSA) is 204 Å². The molecule has 0 radical (unpaired) electrons. The smallest absolute Gasteiger partial charge is 0.328 e. The number of Topliss-reactive ketones (excluding diaryl/α,β-unsaturated/α-hetero) is 1. The largest absolute Gasteiger partial charge is 0.462 e. The number of fused-ring (bicyclic) bond motifs is 3. The maximum absolute atomic E-state index is 14.4. The fourth-order valence-electron chi connectivity index (χ4n) is 7.99. The number of hydrogen-bond donors (Lipinski definition) is 4. The molecule has 0 aliphatic carbocycles. The summed E-state index contributed by atoms with van der Waals surface area (Å²) >= 11 is 0. The van der Waals surface area contributed by atoms with Gasteiger partial charge in [0.2, 0.25) is 23.6 Å². The van der Waals surface area contributed by atoms with Crippen molar-refractivity contribution < 1.29 is 38.3 Å². The highest BCUT2D eigenvalue weighted by molar-refractivity contribution is 5.97. The monoisotopic (exact) mass is 761 g/mol. The first-order chi connectivity index (χ1) is 26.4. The fourth-order valence-corrected chi connectivity index (χ4v) is 7.99. The summed E-state index contributed by atoms with van der Waals surface area (Å²) in [7, 11) is 1.70. The van der Waals surface area contributed by atoms with E-state index in [9.17, 15) is 33.6 Å². The second-order valence-electron chi connectivity index (χ2n) is 15.1. The van der Waals surface area contributed by atoms with E-state index in [0.717, 1.165) is 12.0 Å². The van der Waals surface area contributed by atoms with E-state index in [2.05, 4.69) is 26.4 Å². The number of esters is 1. The maximum Gasteiger partial charge on any atom is 0.328 e. The third-order valence-corrected chi connectivity index (χ3v) is 10.8. The van der Waals surface area contributed by atoms with Crippen LogP contribution in [0.25, 0.3) is 0 Å². The third-order valence-electron chi connectivity index (χ3n) is 10.8. The van der Waals surface area contributed by atoms with Crippen molar-refractivity contribution in [3.63, 3.8) is 0 Å². The van der Waals surface area contributed by atoms with E-state index in [0.29, 0.717) is 44.5 Å². The molecule has 6 rings (SSSR count). The number of carbonyl (C=O) groups excluding carboxylic acids is 7. The molecule has 17 nitrogen and oxygen atoms in total. The Morgan fingerprint density at radius 1 is 0.891 bits per heavy atom. The number of hydrogen-bond acceptors (Lipinski definition) is 10. The molecule has 0 saturated carbocycles. The van der Waals surface area contributed by atoms with Gasteiger partial charge in [0.1, 0.15) is 36.8 Å². The molecule has 7 atom stereocenters. The van der Waals surface area contributed by atoms with Gasteiger partial charge in [-0.15, -0.1) is 0 Å². The average molecular weight is 762 g/mol. The molecule has 4 aliphatic rings. The van der Waals surface area contributed by atoms with Gasteiger partial charge in [0.15, 0.2) is 11.6 Å². The highest BCUT2D eigenvalue weighted by Crippen LogP contribution is 2.28. The van der Waals surface area contributed by atoms with Gasteiger partial charge in [0.05, 0.1) is 12.6 Å². The highest BCUT2D eigenvalue weighted by atomic mass is 16.5. The van der Waals surface area contributed by atoms with E-state index in [1.165, 1.54) is 19.4 Å². The van der Waals surface area contributed by atoms with E-state index in [4.69, 9.17) is 4.74 Å². The zero-order valence-electron chi connectivity index (χ0n) is 31.6. The molecular formula is C38H51N9O8. The number of urea groups is 1. The van der Waals surface area contributed by atoms with Gasteiger partial charge in [-0.2, -0.15) is 5.10 Å². The summed E-state index contributed by atoms with van der Waals surface area (Å²) in [5, 5.41) is 15.3. The van der Waals surface area contributed by atoms with Gasteiger partial charge in [0, 0.05) is 38.9 Å². The predicted octanol–water partition coefficient (Wildman–Crippen LogP) is 0.351. The molecule has 4 N–H and O–H groups in total. The molecule has 6 amide bonds. The van der Waals surface area contributed by atoms with E-state index >= 15 is 0 Å². The maximum atomic E-state index is 14.4. The Labute approximate surface area is 319 Å². The quantitative estimate of drug-likeness (QED) is 0.272. The number of carbonyl (C=O) groups is 7. The Hall–Kier alpha value is -5.32. The van der Waals surface area contributed by atoms with Crippen molar-refractivity contribution in [2.24, 2.45) is 13.0 Å². The van der Waals surface area contributed by atoms with Crippen LogP contribution in [0.3, 0.4) is 0 Å². The van der Waals surface area contributed by atoms with Crippen molar-refractivity contribution in [3.05, 3.63) is 48.2 Å². The normalized spacial score (nSPS) is 27.1. The number of amides is 6. The van der Waals surface area contributed by atoms with Gasteiger partial charge >= 0.3 is 12.0 Å². The number of ketones is 1. The Kier molecular flexibility index (Phi) is 12.5. The van der Waals surface area contributed by atoms with E-state index in [-0.39, 0.29) is 31.3 Å². The lowest BCUT2D eigenvalue weighted by Crippen LogP contribution is -2.61. The lowest BCUT2D eigenvalue weighted by atomic mass is 9.99. The van der Waals surface area contributed by atoms with Crippen LogP contribution in [-0.4, -0.2) is 135 Å². The van der Waals surface area contributed by atoms with Crippen LogP contribution in [0.2, 0.25) is 0 Å². The standard InChI is InChI=1S/C38H51N9O8/c1-23-18-30-37(53)55-22-27(39-20-31(48)26(19-25-10-5-4-6-11-25)41-38(54)42-32-14-17-44(3)43-32)35(51)46-16-9-13-29(46)36(52)45-15-8-7-12-28(45)33(49)40-24(2)34(50)47(30)21-23/h4-6,10-11,14,17,23-24,26-30,39H,7-9,12-13,15-16,18-22H2,1-3H3,(H,40,49)(H2,41,42,43,54). The van der Waals surface area contributed by atoms with Gasteiger partial charge in [-0.05, 0) is 63.4 Å². The lowest BCUT2D eigenvalue weighted by Gasteiger charge is -2.39. The number of benzene rings is 1. The summed E-state index contributed by atoms with van der Waals surface area (Å²) in [6.45, 7) is 3.49. The summed E-state index contributed by atoms with van der Waals surface area (Å²) in [5.41, 5.74) is 0.788. The molecule has 4 fully saturated rings. The molecule has 0 spiro atoms. The highest BCUT2D eigenvalue weighted by Gasteiger charge is 2.45. The van der Waals surface area contributed by atoms with Crippen LogP contribution < -0.4 is 21.3 Å².